The van der Waals surface area contributed by atoms with Crippen LogP contribution < -0.4 is 5.11 Å². The number of hydrogen-bond acceptors (Lipinski definition) is 8. The number of ether oxygens (including phenoxy) is 4. The standard InChI is InChI=1S/C74H121NO8/c1-6-8-10-12-14-16-18-20-22-24-26-28-30-32-34-35-36-37-39-41-43-45-47-49-51-53-55-57-59-61-63-65-72(77)83-70(69-82-74(73(78)79)80-67-66-75(3,4)5)68-81-71(76)64-62-60-58-56-54-52-50-48-46-44-42-40-38-33-31-29-27-25-23-21-19-17-15-13-11-9-7-2/h8,10,14,16,19-22,25-28,31-34,36-37,41,43,47,49,53,55,70,74H,6-7,9,11-13,15,17-18,23-24,29-30,35,38-40,42,44-46,48,50-52,54,56-69H2,1-5H3/b10-8-,16-14-,21-19-,22-20-,27-25-,28-26-,33-31-,34-32-,37-36-,43-41-,49-47-,55-53-. The van der Waals surface area contributed by atoms with E-state index < -0.39 is 24.3 Å². The second-order valence-electron chi connectivity index (χ2n) is 22.7. The van der Waals surface area contributed by atoms with Crippen molar-refractivity contribution in [1.82, 2.24) is 0 Å². The summed E-state index contributed by atoms with van der Waals surface area (Å²) < 4.78 is 22.7. The summed E-state index contributed by atoms with van der Waals surface area (Å²) in [5.74, 6) is -2.34. The maximum absolute atomic E-state index is 12.9. The first-order chi connectivity index (χ1) is 40.6. The molecular formula is C74H121NO8. The molecule has 0 aromatic heterocycles. The average molecular weight is 1150 g/mol. The zero-order valence-corrected chi connectivity index (χ0v) is 53.5. The molecule has 0 aliphatic heterocycles. The molecule has 0 aliphatic rings. The van der Waals surface area contributed by atoms with Crippen LogP contribution in [0.1, 0.15) is 245 Å². The Morgan fingerprint density at radius 1 is 0.373 bits per heavy atom. The lowest BCUT2D eigenvalue weighted by molar-refractivity contribution is -0.870. The first-order valence-electron chi connectivity index (χ1n) is 33.0. The number of nitrogens with zero attached hydrogens (tertiary/aromatic N) is 1. The monoisotopic (exact) mass is 1150 g/mol. The van der Waals surface area contributed by atoms with Gasteiger partial charge in [-0.05, 0) is 122 Å². The number of carboxylic acids is 1. The molecule has 0 heterocycles. The largest absolute Gasteiger partial charge is 0.545 e. The van der Waals surface area contributed by atoms with E-state index in [-0.39, 0.29) is 38.6 Å². The molecule has 2 atom stereocenters. The molecular weight excluding hydrogens is 1030 g/mol. The van der Waals surface area contributed by atoms with Crippen LogP contribution in [-0.2, 0) is 33.3 Å². The van der Waals surface area contributed by atoms with E-state index in [1.165, 1.54) is 103 Å². The maximum atomic E-state index is 12.9. The third-order valence-electron chi connectivity index (χ3n) is 13.6. The highest BCUT2D eigenvalue weighted by molar-refractivity contribution is 5.70. The van der Waals surface area contributed by atoms with Gasteiger partial charge >= 0.3 is 11.9 Å². The summed E-state index contributed by atoms with van der Waals surface area (Å²) in [4.78, 5) is 37.4. The van der Waals surface area contributed by atoms with Gasteiger partial charge in [-0.2, -0.15) is 0 Å². The molecule has 0 radical (unpaired) electrons. The predicted octanol–water partition coefficient (Wildman–Crippen LogP) is 19.0. The van der Waals surface area contributed by atoms with E-state index in [9.17, 15) is 19.5 Å². The van der Waals surface area contributed by atoms with Crippen LogP contribution >= 0.6 is 0 Å². The number of likely N-dealkylation sites (N-methyl/N-ethyl adjacent to an activating group) is 1. The summed E-state index contributed by atoms with van der Waals surface area (Å²) in [6.07, 6.45) is 89.1. The molecule has 2 unspecified atom stereocenters. The van der Waals surface area contributed by atoms with E-state index in [2.05, 4.69) is 160 Å². The number of rotatable bonds is 59. The van der Waals surface area contributed by atoms with Crippen LogP contribution in [0.2, 0.25) is 0 Å². The number of carbonyl (C=O) groups excluding carboxylic acids is 3. The van der Waals surface area contributed by atoms with Crippen LogP contribution in [0.5, 0.6) is 0 Å². The Kier molecular flexibility index (Phi) is 59.5. The van der Waals surface area contributed by atoms with Crippen LogP contribution in [-0.4, -0.2) is 82.3 Å². The fraction of sp³-hybridized carbons (Fsp3) is 0.635. The molecule has 9 nitrogen and oxygen atoms in total. The van der Waals surface area contributed by atoms with E-state index in [0.29, 0.717) is 17.4 Å². The number of quaternary nitrogens is 1. The third-order valence-corrected chi connectivity index (χ3v) is 13.6. The van der Waals surface area contributed by atoms with Gasteiger partial charge in [-0.25, -0.2) is 0 Å². The van der Waals surface area contributed by atoms with E-state index in [1.54, 1.807) is 0 Å². The number of esters is 2. The van der Waals surface area contributed by atoms with Gasteiger partial charge in [-0.15, -0.1) is 0 Å². The van der Waals surface area contributed by atoms with Crippen molar-refractivity contribution in [2.45, 2.75) is 257 Å². The minimum Gasteiger partial charge on any atom is -0.545 e. The van der Waals surface area contributed by atoms with Crippen molar-refractivity contribution in [3.05, 3.63) is 146 Å². The highest BCUT2D eigenvalue weighted by Gasteiger charge is 2.22. The second kappa shape index (κ2) is 63.2. The van der Waals surface area contributed by atoms with Crippen molar-refractivity contribution < 1.29 is 42.9 Å². The number of hydrogen-bond donors (Lipinski definition) is 0. The van der Waals surface area contributed by atoms with Crippen molar-refractivity contribution in [1.29, 1.82) is 0 Å². The minimum absolute atomic E-state index is 0.132. The van der Waals surface area contributed by atoms with Crippen molar-refractivity contribution in [2.75, 3.05) is 47.5 Å². The number of unbranched alkanes of at least 4 members (excludes halogenated alkanes) is 20. The fourth-order valence-corrected chi connectivity index (χ4v) is 8.54. The number of allylic oxidation sites excluding steroid dienone is 24. The lowest BCUT2D eigenvalue weighted by Crippen LogP contribution is -2.44. The maximum Gasteiger partial charge on any atom is 0.306 e. The summed E-state index contributed by atoms with van der Waals surface area (Å²) in [6.45, 7) is 4.57. The molecule has 0 N–H and O–H groups in total. The van der Waals surface area contributed by atoms with Crippen LogP contribution in [0.15, 0.2) is 146 Å². The summed E-state index contributed by atoms with van der Waals surface area (Å²) in [5, 5.41) is 11.8. The lowest BCUT2D eigenvalue weighted by atomic mass is 10.0. The molecule has 0 fully saturated rings. The summed E-state index contributed by atoms with van der Waals surface area (Å²) in [6, 6.07) is 0. The third kappa shape index (κ3) is 64.6. The van der Waals surface area contributed by atoms with Crippen LogP contribution in [0.4, 0.5) is 0 Å². The smallest absolute Gasteiger partial charge is 0.306 e. The molecule has 470 valence electrons. The Balaban J connectivity index is 4.30. The highest BCUT2D eigenvalue weighted by atomic mass is 16.7. The Morgan fingerprint density at radius 3 is 1.04 bits per heavy atom. The fourth-order valence-electron chi connectivity index (χ4n) is 8.54. The number of carboxylic acid groups (broad SMARTS) is 1. The second-order valence-corrected chi connectivity index (χ2v) is 22.7. The SMILES string of the molecule is CC/C=C\C/C=C\C/C=C\C/C=C\C/C=C\C/C=C\C/C=C\C/C=C\C/C=C\CCCCCC(=O)OC(COC(=O)CCCCCCCCCCCCCC/C=C\C/C=C\C/C=C\CCCCCCC)COC(OCC[N+](C)(C)C)C(=O)[O-]. The van der Waals surface area contributed by atoms with Gasteiger partial charge in [0.2, 0.25) is 0 Å². The molecule has 0 rings (SSSR count). The molecule has 0 saturated heterocycles. The predicted molar refractivity (Wildman–Crippen MR) is 352 cm³/mol. The average Bonchev–Trinajstić information content (AvgIpc) is 3.46. The van der Waals surface area contributed by atoms with Crippen molar-refractivity contribution >= 4 is 17.9 Å². The zero-order valence-electron chi connectivity index (χ0n) is 53.5. The molecule has 0 spiro atoms. The molecule has 0 amide bonds. The molecule has 0 aromatic carbocycles. The summed E-state index contributed by atoms with van der Waals surface area (Å²) >= 11 is 0. The van der Waals surface area contributed by atoms with E-state index in [4.69, 9.17) is 18.9 Å². The van der Waals surface area contributed by atoms with Gasteiger partial charge in [0.15, 0.2) is 12.4 Å². The Labute approximate surface area is 509 Å². The molecule has 9 heteroatoms. The Hall–Kier alpha value is -4.83. The Morgan fingerprint density at radius 2 is 0.687 bits per heavy atom. The van der Waals surface area contributed by atoms with Gasteiger partial charge in [-0.3, -0.25) is 9.59 Å². The molecule has 0 aromatic rings. The molecule has 83 heavy (non-hydrogen) atoms. The van der Waals surface area contributed by atoms with Gasteiger partial charge in [0.1, 0.15) is 13.2 Å². The topological polar surface area (TPSA) is 111 Å². The van der Waals surface area contributed by atoms with Crippen molar-refractivity contribution in [3.63, 3.8) is 0 Å². The Bertz CT molecular complexity index is 1870. The van der Waals surface area contributed by atoms with E-state index >= 15 is 0 Å². The van der Waals surface area contributed by atoms with Gasteiger partial charge in [0, 0.05) is 12.8 Å². The number of aliphatic carboxylic acids is 1. The quantitative estimate of drug-likeness (QED) is 0.0195. The van der Waals surface area contributed by atoms with Crippen LogP contribution in [0.3, 0.4) is 0 Å². The normalized spacial score (nSPS) is 13.7. The first kappa shape index (κ1) is 78.2. The minimum atomic E-state index is -1.64. The van der Waals surface area contributed by atoms with Gasteiger partial charge in [0.05, 0.1) is 40.3 Å². The highest BCUT2D eigenvalue weighted by Crippen LogP contribution is 2.15. The lowest BCUT2D eigenvalue weighted by Gasteiger charge is -2.26. The molecule has 0 bridgehead atoms. The van der Waals surface area contributed by atoms with E-state index in [0.717, 1.165) is 109 Å². The number of carbonyl (C=O) groups is 3. The summed E-state index contributed by atoms with van der Waals surface area (Å²) in [7, 11) is 5.90. The van der Waals surface area contributed by atoms with Gasteiger partial charge in [0.25, 0.3) is 0 Å². The molecule has 0 aliphatic carbocycles. The van der Waals surface area contributed by atoms with Crippen molar-refractivity contribution in [3.8, 4) is 0 Å². The van der Waals surface area contributed by atoms with Crippen molar-refractivity contribution in [2.24, 2.45) is 0 Å². The van der Waals surface area contributed by atoms with Crippen LogP contribution in [0.25, 0.3) is 0 Å². The first-order valence-corrected chi connectivity index (χ1v) is 33.0. The van der Waals surface area contributed by atoms with Gasteiger partial charge < -0.3 is 33.3 Å². The van der Waals surface area contributed by atoms with E-state index in [1.807, 2.05) is 21.1 Å². The van der Waals surface area contributed by atoms with Gasteiger partial charge in [-0.1, -0.05) is 256 Å². The molecule has 0 saturated carbocycles. The summed E-state index contributed by atoms with van der Waals surface area (Å²) in [5.41, 5.74) is 0. The van der Waals surface area contributed by atoms with Crippen LogP contribution in [0, 0.1) is 0 Å². The zero-order chi connectivity index (χ0) is 60.5.